The zero-order valence-corrected chi connectivity index (χ0v) is 13.5. The summed E-state index contributed by atoms with van der Waals surface area (Å²) in [5.74, 6) is 1.66. The lowest BCUT2D eigenvalue weighted by molar-refractivity contribution is -0.122. The molecular weight excluding hydrogens is 278 g/mol. The van der Waals surface area contributed by atoms with Crippen LogP contribution in [-0.4, -0.2) is 25.7 Å². The van der Waals surface area contributed by atoms with Crippen molar-refractivity contribution in [2.45, 2.75) is 57.4 Å². The number of benzene rings is 1. The van der Waals surface area contributed by atoms with Crippen molar-refractivity contribution in [2.24, 2.45) is 0 Å². The van der Waals surface area contributed by atoms with Crippen molar-refractivity contribution in [3.8, 4) is 11.5 Å². The molecule has 4 heteroatoms. The van der Waals surface area contributed by atoms with Gasteiger partial charge in [-0.1, -0.05) is 32.1 Å². The van der Waals surface area contributed by atoms with Gasteiger partial charge in [-0.2, -0.15) is 0 Å². The third-order valence-electron chi connectivity index (χ3n) is 4.13. The van der Waals surface area contributed by atoms with Gasteiger partial charge in [0.05, 0.1) is 20.1 Å². The third kappa shape index (κ3) is 5.96. The van der Waals surface area contributed by atoms with E-state index in [4.69, 9.17) is 9.47 Å². The second-order valence-electron chi connectivity index (χ2n) is 5.88. The van der Waals surface area contributed by atoms with Crippen LogP contribution >= 0.6 is 0 Å². The zero-order valence-electron chi connectivity index (χ0n) is 13.5. The van der Waals surface area contributed by atoms with E-state index >= 15 is 0 Å². The van der Waals surface area contributed by atoms with Crippen molar-refractivity contribution in [2.75, 3.05) is 13.7 Å². The SMILES string of the molecule is COc1ccc(OCCC(=O)NC2CCCCCCC2)cc1. The van der Waals surface area contributed by atoms with E-state index in [1.807, 2.05) is 24.3 Å². The normalized spacial score (nSPS) is 16.4. The number of carbonyl (C=O) groups is 1. The topological polar surface area (TPSA) is 47.6 Å². The fourth-order valence-electron chi connectivity index (χ4n) is 2.83. The zero-order chi connectivity index (χ0) is 15.6. The summed E-state index contributed by atoms with van der Waals surface area (Å²) >= 11 is 0. The van der Waals surface area contributed by atoms with E-state index in [1.54, 1.807) is 7.11 Å². The number of amides is 1. The van der Waals surface area contributed by atoms with Crippen molar-refractivity contribution in [3.05, 3.63) is 24.3 Å². The van der Waals surface area contributed by atoms with Gasteiger partial charge in [-0.15, -0.1) is 0 Å². The molecule has 2 rings (SSSR count). The first-order valence-corrected chi connectivity index (χ1v) is 8.34. The molecule has 4 nitrogen and oxygen atoms in total. The van der Waals surface area contributed by atoms with Gasteiger partial charge >= 0.3 is 0 Å². The minimum absolute atomic E-state index is 0.0964. The number of nitrogens with one attached hydrogen (secondary N) is 1. The van der Waals surface area contributed by atoms with E-state index in [0.29, 0.717) is 19.1 Å². The van der Waals surface area contributed by atoms with Crippen LogP contribution in [0.3, 0.4) is 0 Å². The van der Waals surface area contributed by atoms with E-state index in [9.17, 15) is 4.79 Å². The first-order valence-electron chi connectivity index (χ1n) is 8.34. The van der Waals surface area contributed by atoms with Gasteiger partial charge in [-0.3, -0.25) is 4.79 Å². The molecule has 0 heterocycles. The van der Waals surface area contributed by atoms with Gasteiger partial charge in [0.1, 0.15) is 11.5 Å². The highest BCUT2D eigenvalue weighted by molar-refractivity contribution is 5.76. The van der Waals surface area contributed by atoms with Crippen molar-refractivity contribution in [1.29, 1.82) is 0 Å². The Bertz CT molecular complexity index is 436. The largest absolute Gasteiger partial charge is 0.497 e. The van der Waals surface area contributed by atoms with Crippen LogP contribution in [0.25, 0.3) is 0 Å². The van der Waals surface area contributed by atoms with Crippen molar-refractivity contribution >= 4 is 5.91 Å². The molecule has 0 unspecified atom stereocenters. The summed E-state index contributed by atoms with van der Waals surface area (Å²) in [7, 11) is 1.63. The number of carbonyl (C=O) groups excluding carboxylic acids is 1. The highest BCUT2D eigenvalue weighted by Gasteiger charge is 2.13. The third-order valence-corrected chi connectivity index (χ3v) is 4.13. The van der Waals surface area contributed by atoms with Crippen LogP contribution in [-0.2, 0) is 4.79 Å². The molecule has 1 saturated carbocycles. The highest BCUT2D eigenvalue weighted by Crippen LogP contribution is 2.18. The average Bonchev–Trinajstić information content (AvgIpc) is 2.50. The average molecular weight is 305 g/mol. The lowest BCUT2D eigenvalue weighted by Crippen LogP contribution is -2.35. The second kappa shape index (κ2) is 9.34. The molecule has 0 saturated heterocycles. The van der Waals surface area contributed by atoms with Gasteiger partial charge in [0, 0.05) is 6.04 Å². The van der Waals surface area contributed by atoms with E-state index < -0.39 is 0 Å². The first kappa shape index (κ1) is 16.7. The lowest BCUT2D eigenvalue weighted by atomic mass is 9.96. The molecule has 1 amide bonds. The molecule has 0 aromatic heterocycles. The Morgan fingerprint density at radius 3 is 2.27 bits per heavy atom. The van der Waals surface area contributed by atoms with Gasteiger partial charge in [0.15, 0.2) is 0 Å². The minimum Gasteiger partial charge on any atom is -0.497 e. The van der Waals surface area contributed by atoms with Crippen LogP contribution in [0.5, 0.6) is 11.5 Å². The van der Waals surface area contributed by atoms with Crippen LogP contribution < -0.4 is 14.8 Å². The summed E-state index contributed by atoms with van der Waals surface area (Å²) in [6.07, 6.45) is 9.04. The van der Waals surface area contributed by atoms with Crippen molar-refractivity contribution in [1.82, 2.24) is 5.32 Å². The van der Waals surface area contributed by atoms with E-state index in [1.165, 1.54) is 32.1 Å². The summed E-state index contributed by atoms with van der Waals surface area (Å²) in [4.78, 5) is 12.0. The number of rotatable bonds is 6. The first-order chi connectivity index (χ1) is 10.8. The molecule has 1 aliphatic rings. The maximum atomic E-state index is 12.0. The molecule has 1 aromatic rings. The molecule has 1 aromatic carbocycles. The van der Waals surface area contributed by atoms with Crippen LogP contribution in [0.4, 0.5) is 0 Å². The van der Waals surface area contributed by atoms with Gasteiger partial charge in [-0.25, -0.2) is 0 Å². The Labute approximate surface area is 133 Å². The van der Waals surface area contributed by atoms with Crippen molar-refractivity contribution < 1.29 is 14.3 Å². The summed E-state index contributed by atoms with van der Waals surface area (Å²) in [5.41, 5.74) is 0. The summed E-state index contributed by atoms with van der Waals surface area (Å²) in [6, 6.07) is 7.76. The molecule has 22 heavy (non-hydrogen) atoms. The highest BCUT2D eigenvalue weighted by atomic mass is 16.5. The van der Waals surface area contributed by atoms with Crippen LogP contribution in [0.2, 0.25) is 0 Å². The van der Waals surface area contributed by atoms with Crippen LogP contribution in [0, 0.1) is 0 Å². The molecule has 0 aliphatic heterocycles. The van der Waals surface area contributed by atoms with Gasteiger partial charge in [-0.05, 0) is 37.1 Å². The number of ether oxygens (including phenoxy) is 2. The number of methoxy groups -OCH3 is 1. The number of hydrogen-bond acceptors (Lipinski definition) is 3. The molecule has 0 bridgehead atoms. The Hall–Kier alpha value is -1.71. The Balaban J connectivity index is 1.65. The van der Waals surface area contributed by atoms with Crippen LogP contribution in [0.15, 0.2) is 24.3 Å². The summed E-state index contributed by atoms with van der Waals surface area (Å²) in [6.45, 7) is 0.408. The smallest absolute Gasteiger partial charge is 0.223 e. The Kier molecular flexibility index (Phi) is 7.07. The standard InChI is InChI=1S/C18H27NO3/c1-21-16-9-11-17(12-10-16)22-14-13-18(20)19-15-7-5-3-2-4-6-8-15/h9-12,15H,2-8,13-14H2,1H3,(H,19,20). The number of hydrogen-bond donors (Lipinski definition) is 1. The molecule has 0 atom stereocenters. The fraction of sp³-hybridized carbons (Fsp3) is 0.611. The van der Waals surface area contributed by atoms with E-state index in [2.05, 4.69) is 5.32 Å². The van der Waals surface area contributed by atoms with E-state index in [0.717, 1.165) is 24.3 Å². The van der Waals surface area contributed by atoms with Gasteiger partial charge in [0.25, 0.3) is 0 Å². The predicted octanol–water partition coefficient (Wildman–Crippen LogP) is 3.69. The molecule has 1 fully saturated rings. The molecule has 0 radical (unpaired) electrons. The summed E-state index contributed by atoms with van der Waals surface area (Å²) in [5, 5.41) is 3.15. The quantitative estimate of drug-likeness (QED) is 0.872. The minimum atomic E-state index is 0.0964. The lowest BCUT2D eigenvalue weighted by Gasteiger charge is -2.21. The van der Waals surface area contributed by atoms with E-state index in [-0.39, 0.29) is 5.91 Å². The Morgan fingerprint density at radius 2 is 1.64 bits per heavy atom. The van der Waals surface area contributed by atoms with Gasteiger partial charge < -0.3 is 14.8 Å². The molecular formula is C18H27NO3. The predicted molar refractivity (Wildman–Crippen MR) is 87.4 cm³/mol. The Morgan fingerprint density at radius 1 is 1.05 bits per heavy atom. The molecule has 0 spiro atoms. The molecule has 1 aliphatic carbocycles. The van der Waals surface area contributed by atoms with Crippen LogP contribution in [0.1, 0.15) is 51.4 Å². The molecule has 122 valence electrons. The fourth-order valence-corrected chi connectivity index (χ4v) is 2.83. The maximum Gasteiger partial charge on any atom is 0.223 e. The van der Waals surface area contributed by atoms with Gasteiger partial charge in [0.2, 0.25) is 5.91 Å². The molecule has 1 N–H and O–H groups in total. The second-order valence-corrected chi connectivity index (χ2v) is 5.88. The maximum absolute atomic E-state index is 12.0. The monoisotopic (exact) mass is 305 g/mol. The van der Waals surface area contributed by atoms with Crippen molar-refractivity contribution in [3.63, 3.8) is 0 Å². The summed E-state index contributed by atoms with van der Waals surface area (Å²) < 4.78 is 10.7.